The molecule has 3 heteroatoms. The molecule has 0 heterocycles. The van der Waals surface area contributed by atoms with Gasteiger partial charge in [0, 0.05) is 25.3 Å². The monoisotopic (exact) mass is 250 g/mol. The van der Waals surface area contributed by atoms with Crippen LogP contribution in [0.3, 0.4) is 0 Å². The molecule has 0 unspecified atom stereocenters. The Morgan fingerprint density at radius 1 is 1.33 bits per heavy atom. The second-order valence-corrected chi connectivity index (χ2v) is 5.04. The summed E-state index contributed by atoms with van der Waals surface area (Å²) in [4.78, 5) is 2.38. The van der Waals surface area contributed by atoms with Gasteiger partial charge in [-0.25, -0.2) is 4.39 Å². The van der Waals surface area contributed by atoms with Gasteiger partial charge in [-0.1, -0.05) is 6.92 Å². The van der Waals surface area contributed by atoms with Gasteiger partial charge in [0.2, 0.25) is 0 Å². The Hall–Kier alpha value is -1.09. The molecule has 1 aliphatic carbocycles. The molecule has 2 rings (SSSR count). The van der Waals surface area contributed by atoms with Gasteiger partial charge in [-0.05, 0) is 56.0 Å². The molecule has 1 aromatic rings. The molecule has 18 heavy (non-hydrogen) atoms. The molecule has 1 fully saturated rings. The van der Waals surface area contributed by atoms with Crippen LogP contribution in [0, 0.1) is 11.7 Å². The van der Waals surface area contributed by atoms with Crippen molar-refractivity contribution >= 4 is 5.69 Å². The van der Waals surface area contributed by atoms with E-state index in [0.717, 1.165) is 37.7 Å². The predicted molar refractivity (Wildman–Crippen MR) is 74.4 cm³/mol. The van der Waals surface area contributed by atoms with E-state index in [0.29, 0.717) is 0 Å². The topological polar surface area (TPSA) is 15.3 Å². The molecule has 2 nitrogen and oxygen atoms in total. The summed E-state index contributed by atoms with van der Waals surface area (Å²) in [7, 11) is 0. The van der Waals surface area contributed by atoms with Gasteiger partial charge >= 0.3 is 0 Å². The van der Waals surface area contributed by atoms with Crippen molar-refractivity contribution < 1.29 is 4.39 Å². The Morgan fingerprint density at radius 2 is 2.11 bits per heavy atom. The predicted octanol–water partition coefficient (Wildman–Crippen LogP) is 3.17. The second kappa shape index (κ2) is 6.19. The molecule has 0 bridgehead atoms. The molecule has 0 aromatic heterocycles. The maximum atomic E-state index is 13.4. The molecule has 0 spiro atoms. The molecule has 0 aliphatic heterocycles. The van der Waals surface area contributed by atoms with Crippen molar-refractivity contribution in [1.82, 2.24) is 5.32 Å². The first kappa shape index (κ1) is 13.3. The third kappa shape index (κ3) is 3.45. The number of nitrogens with zero attached hydrogens (tertiary/aromatic N) is 1. The molecular formula is C15H23FN2. The van der Waals surface area contributed by atoms with E-state index in [1.165, 1.54) is 18.5 Å². The highest BCUT2D eigenvalue weighted by atomic mass is 19.1. The average molecular weight is 250 g/mol. The van der Waals surface area contributed by atoms with Crippen molar-refractivity contribution in [3.63, 3.8) is 0 Å². The normalized spacial score (nSPS) is 14.8. The van der Waals surface area contributed by atoms with E-state index < -0.39 is 0 Å². The van der Waals surface area contributed by atoms with Crippen molar-refractivity contribution in [2.45, 2.75) is 33.2 Å². The molecule has 1 aromatic carbocycles. The lowest BCUT2D eigenvalue weighted by atomic mass is 10.1. The first-order valence-electron chi connectivity index (χ1n) is 6.98. The number of hydrogen-bond donors (Lipinski definition) is 1. The van der Waals surface area contributed by atoms with E-state index in [1.54, 1.807) is 12.1 Å². The summed E-state index contributed by atoms with van der Waals surface area (Å²) < 4.78 is 13.4. The minimum absolute atomic E-state index is 0.144. The SMILES string of the molecule is CCNCc1cc(F)ccc1N(CC)CC1CC1. The van der Waals surface area contributed by atoms with Crippen LogP contribution in [0.25, 0.3) is 0 Å². The summed E-state index contributed by atoms with van der Waals surface area (Å²) >= 11 is 0. The molecule has 1 aliphatic rings. The first-order valence-corrected chi connectivity index (χ1v) is 6.98. The minimum Gasteiger partial charge on any atom is -0.371 e. The smallest absolute Gasteiger partial charge is 0.123 e. The van der Waals surface area contributed by atoms with Gasteiger partial charge in [0.1, 0.15) is 5.82 Å². The summed E-state index contributed by atoms with van der Waals surface area (Å²) in [5, 5.41) is 3.29. The lowest BCUT2D eigenvalue weighted by molar-refractivity contribution is 0.620. The lowest BCUT2D eigenvalue weighted by Gasteiger charge is -2.26. The van der Waals surface area contributed by atoms with Crippen LogP contribution in [0.5, 0.6) is 0 Å². The highest BCUT2D eigenvalue weighted by molar-refractivity contribution is 5.54. The van der Waals surface area contributed by atoms with Crippen LogP contribution in [-0.2, 0) is 6.54 Å². The molecule has 0 radical (unpaired) electrons. The van der Waals surface area contributed by atoms with E-state index >= 15 is 0 Å². The Balaban J connectivity index is 2.16. The van der Waals surface area contributed by atoms with Crippen LogP contribution in [0.2, 0.25) is 0 Å². The highest BCUT2D eigenvalue weighted by Crippen LogP contribution is 2.32. The van der Waals surface area contributed by atoms with E-state index in [-0.39, 0.29) is 5.82 Å². The van der Waals surface area contributed by atoms with Gasteiger partial charge in [0.15, 0.2) is 0 Å². The lowest BCUT2D eigenvalue weighted by Crippen LogP contribution is -2.27. The molecule has 100 valence electrons. The zero-order chi connectivity index (χ0) is 13.0. The first-order chi connectivity index (χ1) is 8.74. The van der Waals surface area contributed by atoms with Crippen molar-refractivity contribution in [3.05, 3.63) is 29.6 Å². The molecule has 0 atom stereocenters. The van der Waals surface area contributed by atoms with Gasteiger partial charge in [-0.15, -0.1) is 0 Å². The number of anilines is 1. The maximum absolute atomic E-state index is 13.4. The molecule has 1 saturated carbocycles. The molecule has 0 saturated heterocycles. The molecule has 1 N–H and O–H groups in total. The number of halogens is 1. The second-order valence-electron chi connectivity index (χ2n) is 5.04. The van der Waals surface area contributed by atoms with Gasteiger partial charge in [0.25, 0.3) is 0 Å². The Kier molecular flexibility index (Phi) is 4.59. The summed E-state index contributed by atoms with van der Waals surface area (Å²) in [5.74, 6) is 0.705. The number of rotatable bonds is 7. The van der Waals surface area contributed by atoms with E-state index in [4.69, 9.17) is 0 Å². The summed E-state index contributed by atoms with van der Waals surface area (Å²) in [6.07, 6.45) is 2.69. The van der Waals surface area contributed by atoms with Crippen LogP contribution in [-0.4, -0.2) is 19.6 Å². The van der Waals surface area contributed by atoms with Gasteiger partial charge in [-0.3, -0.25) is 0 Å². The minimum atomic E-state index is -0.144. The standard InChI is InChI=1S/C15H23FN2/c1-3-17-10-13-9-14(16)7-8-15(13)18(4-2)11-12-5-6-12/h7-9,12,17H,3-6,10-11H2,1-2H3. The van der Waals surface area contributed by atoms with Crippen molar-refractivity contribution in [1.29, 1.82) is 0 Å². The summed E-state index contributed by atoms with van der Waals surface area (Å²) in [6.45, 7) is 7.99. The number of hydrogen-bond acceptors (Lipinski definition) is 2. The molecular weight excluding hydrogens is 227 g/mol. The third-order valence-electron chi connectivity index (χ3n) is 3.50. The van der Waals surface area contributed by atoms with Crippen LogP contribution in [0.1, 0.15) is 32.3 Å². The van der Waals surface area contributed by atoms with Crippen LogP contribution in [0.15, 0.2) is 18.2 Å². The van der Waals surface area contributed by atoms with Crippen LogP contribution in [0.4, 0.5) is 10.1 Å². The largest absolute Gasteiger partial charge is 0.371 e. The Labute approximate surface area is 109 Å². The fourth-order valence-electron chi connectivity index (χ4n) is 2.27. The average Bonchev–Trinajstić information content (AvgIpc) is 3.18. The quantitative estimate of drug-likeness (QED) is 0.799. The fourth-order valence-corrected chi connectivity index (χ4v) is 2.27. The van der Waals surface area contributed by atoms with E-state index in [1.807, 2.05) is 6.07 Å². The zero-order valence-electron chi connectivity index (χ0n) is 11.4. The van der Waals surface area contributed by atoms with Crippen LogP contribution < -0.4 is 10.2 Å². The maximum Gasteiger partial charge on any atom is 0.123 e. The van der Waals surface area contributed by atoms with Gasteiger partial charge in [0.05, 0.1) is 0 Å². The summed E-state index contributed by atoms with van der Waals surface area (Å²) in [6, 6.07) is 5.15. The molecule has 0 amide bonds. The number of benzene rings is 1. The zero-order valence-corrected chi connectivity index (χ0v) is 11.4. The van der Waals surface area contributed by atoms with Gasteiger partial charge in [-0.2, -0.15) is 0 Å². The van der Waals surface area contributed by atoms with Crippen molar-refractivity contribution in [2.75, 3.05) is 24.5 Å². The fraction of sp³-hybridized carbons (Fsp3) is 0.600. The third-order valence-corrected chi connectivity index (χ3v) is 3.50. The van der Waals surface area contributed by atoms with Crippen LogP contribution >= 0.6 is 0 Å². The van der Waals surface area contributed by atoms with Gasteiger partial charge < -0.3 is 10.2 Å². The van der Waals surface area contributed by atoms with E-state index in [9.17, 15) is 4.39 Å². The summed E-state index contributed by atoms with van der Waals surface area (Å²) in [5.41, 5.74) is 2.26. The van der Waals surface area contributed by atoms with E-state index in [2.05, 4.69) is 24.1 Å². The highest BCUT2D eigenvalue weighted by Gasteiger charge is 2.24. The number of nitrogens with one attached hydrogen (secondary N) is 1. The van der Waals surface area contributed by atoms with Crippen molar-refractivity contribution in [3.8, 4) is 0 Å². The Morgan fingerprint density at radius 3 is 2.72 bits per heavy atom. The Bertz CT molecular complexity index is 388. The van der Waals surface area contributed by atoms with Crippen molar-refractivity contribution in [2.24, 2.45) is 5.92 Å².